The number of hydrogen-bond acceptors (Lipinski definition) is 4. The molecular formula is C21H26N4O2. The molecule has 142 valence electrons. The van der Waals surface area contributed by atoms with E-state index in [1.807, 2.05) is 24.3 Å². The number of amides is 2. The number of fused-ring (bicyclic) bond motifs is 2. The van der Waals surface area contributed by atoms with E-state index in [4.69, 9.17) is 0 Å². The van der Waals surface area contributed by atoms with E-state index in [-0.39, 0.29) is 11.8 Å². The average Bonchev–Trinajstić information content (AvgIpc) is 2.79. The fourth-order valence-electron chi connectivity index (χ4n) is 3.43. The van der Waals surface area contributed by atoms with Crippen molar-refractivity contribution >= 4 is 29.0 Å². The van der Waals surface area contributed by atoms with Gasteiger partial charge < -0.3 is 9.80 Å². The topological polar surface area (TPSA) is 56.8 Å². The molecule has 0 radical (unpaired) electrons. The number of aromatic nitrogens is 1. The monoisotopic (exact) mass is 366 g/mol. The standard InChI is InChI=1S/C21H26N4O2/c1-4-24(5-2)15-9-13-19(26)25-17-11-7-6-10-16(17)21(27)23(3)18-12-8-14-22-20(18)25/h6-8,10-12,14H,4-5,9,13,15H2,1-3H3. The normalized spacial score (nSPS) is 13.4. The van der Waals surface area contributed by atoms with Gasteiger partial charge in [-0.2, -0.15) is 0 Å². The molecule has 2 amide bonds. The fourth-order valence-corrected chi connectivity index (χ4v) is 3.43. The van der Waals surface area contributed by atoms with E-state index in [1.165, 1.54) is 0 Å². The fraction of sp³-hybridized carbons (Fsp3) is 0.381. The molecule has 3 rings (SSSR count). The minimum atomic E-state index is -0.140. The minimum absolute atomic E-state index is 0.0438. The number of nitrogens with zero attached hydrogens (tertiary/aromatic N) is 4. The largest absolute Gasteiger partial charge is 0.308 e. The lowest BCUT2D eigenvalue weighted by Gasteiger charge is -2.24. The zero-order chi connectivity index (χ0) is 19.4. The molecule has 0 atom stereocenters. The molecule has 0 N–H and O–H groups in total. The van der Waals surface area contributed by atoms with Crippen molar-refractivity contribution in [2.45, 2.75) is 26.7 Å². The van der Waals surface area contributed by atoms with Gasteiger partial charge in [0.1, 0.15) is 0 Å². The van der Waals surface area contributed by atoms with Crippen LogP contribution in [0.15, 0.2) is 42.6 Å². The molecule has 1 aromatic heterocycles. The number of pyridine rings is 1. The number of hydrogen-bond donors (Lipinski definition) is 0. The highest BCUT2D eigenvalue weighted by Crippen LogP contribution is 2.38. The summed E-state index contributed by atoms with van der Waals surface area (Å²) in [7, 11) is 1.72. The molecule has 1 aliphatic heterocycles. The molecule has 2 aromatic rings. The Morgan fingerprint density at radius 3 is 2.52 bits per heavy atom. The molecule has 0 unspecified atom stereocenters. The molecule has 0 saturated heterocycles. The SMILES string of the molecule is CCN(CC)CCCC(=O)N1c2ccccc2C(=O)N(C)c2cccnc21. The number of para-hydroxylation sites is 1. The number of benzene rings is 1. The summed E-state index contributed by atoms with van der Waals surface area (Å²) in [6, 6.07) is 10.8. The predicted octanol–water partition coefficient (Wildman–Crippen LogP) is 3.46. The van der Waals surface area contributed by atoms with Gasteiger partial charge in [-0.3, -0.25) is 14.5 Å². The van der Waals surface area contributed by atoms with Crippen molar-refractivity contribution in [3.8, 4) is 0 Å². The van der Waals surface area contributed by atoms with Crippen LogP contribution in [-0.4, -0.2) is 48.4 Å². The summed E-state index contributed by atoms with van der Waals surface area (Å²) in [5, 5.41) is 0. The highest BCUT2D eigenvalue weighted by Gasteiger charge is 2.32. The Bertz CT molecular complexity index is 832. The van der Waals surface area contributed by atoms with Gasteiger partial charge in [0, 0.05) is 19.7 Å². The van der Waals surface area contributed by atoms with E-state index >= 15 is 0 Å². The van der Waals surface area contributed by atoms with Gasteiger partial charge in [0.2, 0.25) is 5.91 Å². The lowest BCUT2D eigenvalue weighted by atomic mass is 10.1. The Hall–Kier alpha value is -2.73. The molecular weight excluding hydrogens is 340 g/mol. The molecule has 6 heteroatoms. The summed E-state index contributed by atoms with van der Waals surface area (Å²) in [4.78, 5) is 36.0. The highest BCUT2D eigenvalue weighted by atomic mass is 16.2. The van der Waals surface area contributed by atoms with Crippen LogP contribution in [0.25, 0.3) is 0 Å². The van der Waals surface area contributed by atoms with Crippen molar-refractivity contribution in [3.05, 3.63) is 48.2 Å². The molecule has 27 heavy (non-hydrogen) atoms. The highest BCUT2D eigenvalue weighted by molar-refractivity contribution is 6.17. The van der Waals surface area contributed by atoms with Crippen molar-refractivity contribution < 1.29 is 9.59 Å². The quantitative estimate of drug-likeness (QED) is 0.786. The maximum atomic E-state index is 13.2. The number of rotatable bonds is 6. The predicted molar refractivity (Wildman–Crippen MR) is 108 cm³/mol. The van der Waals surface area contributed by atoms with Gasteiger partial charge in [-0.25, -0.2) is 4.98 Å². The van der Waals surface area contributed by atoms with Crippen LogP contribution in [0.4, 0.5) is 17.2 Å². The van der Waals surface area contributed by atoms with E-state index in [1.54, 1.807) is 35.2 Å². The van der Waals surface area contributed by atoms with Gasteiger partial charge >= 0.3 is 0 Å². The van der Waals surface area contributed by atoms with Crippen LogP contribution in [0.3, 0.4) is 0 Å². The first-order valence-electron chi connectivity index (χ1n) is 9.45. The molecule has 1 aliphatic rings. The van der Waals surface area contributed by atoms with Gasteiger partial charge in [0.15, 0.2) is 5.82 Å². The number of carbonyl (C=O) groups excluding carboxylic acids is 2. The first-order valence-corrected chi connectivity index (χ1v) is 9.45. The molecule has 0 saturated carbocycles. The van der Waals surface area contributed by atoms with E-state index in [2.05, 4.69) is 23.7 Å². The maximum absolute atomic E-state index is 13.2. The number of anilines is 3. The van der Waals surface area contributed by atoms with Crippen molar-refractivity contribution in [2.75, 3.05) is 36.5 Å². The first-order chi connectivity index (χ1) is 13.1. The summed E-state index contributed by atoms with van der Waals surface area (Å²) in [5.41, 5.74) is 1.74. The zero-order valence-corrected chi connectivity index (χ0v) is 16.2. The molecule has 0 bridgehead atoms. The summed E-state index contributed by atoms with van der Waals surface area (Å²) < 4.78 is 0. The van der Waals surface area contributed by atoms with E-state index in [9.17, 15) is 9.59 Å². The molecule has 0 aliphatic carbocycles. The zero-order valence-electron chi connectivity index (χ0n) is 16.2. The third-order valence-corrected chi connectivity index (χ3v) is 5.03. The number of carbonyl (C=O) groups is 2. The van der Waals surface area contributed by atoms with E-state index in [0.29, 0.717) is 29.2 Å². The minimum Gasteiger partial charge on any atom is -0.308 e. The second-order valence-corrected chi connectivity index (χ2v) is 6.59. The summed E-state index contributed by atoms with van der Waals surface area (Å²) in [6.07, 6.45) is 2.82. The van der Waals surface area contributed by atoms with Gasteiger partial charge in [0.05, 0.1) is 16.9 Å². The first kappa shape index (κ1) is 19.0. The molecule has 6 nitrogen and oxygen atoms in total. The van der Waals surface area contributed by atoms with E-state index in [0.717, 1.165) is 26.1 Å². The Kier molecular flexibility index (Phi) is 5.86. The molecule has 2 heterocycles. The molecule has 0 fully saturated rings. The van der Waals surface area contributed by atoms with Crippen LogP contribution in [0.5, 0.6) is 0 Å². The Morgan fingerprint density at radius 1 is 1.07 bits per heavy atom. The van der Waals surface area contributed by atoms with Crippen molar-refractivity contribution in [1.82, 2.24) is 9.88 Å². The summed E-state index contributed by atoms with van der Waals surface area (Å²) >= 11 is 0. The second-order valence-electron chi connectivity index (χ2n) is 6.59. The maximum Gasteiger partial charge on any atom is 0.260 e. The van der Waals surface area contributed by atoms with Gasteiger partial charge in [-0.05, 0) is 50.3 Å². The Balaban J connectivity index is 1.96. The lowest BCUT2D eigenvalue weighted by Crippen LogP contribution is -2.29. The van der Waals surface area contributed by atoms with Gasteiger partial charge in [0.25, 0.3) is 5.91 Å². The second kappa shape index (κ2) is 8.31. The molecule has 1 aromatic carbocycles. The van der Waals surface area contributed by atoms with Crippen LogP contribution < -0.4 is 9.80 Å². The molecule has 0 spiro atoms. The smallest absolute Gasteiger partial charge is 0.260 e. The van der Waals surface area contributed by atoms with Crippen molar-refractivity contribution in [2.24, 2.45) is 0 Å². The van der Waals surface area contributed by atoms with Gasteiger partial charge in [-0.1, -0.05) is 26.0 Å². The Morgan fingerprint density at radius 2 is 1.78 bits per heavy atom. The third-order valence-electron chi connectivity index (χ3n) is 5.03. The van der Waals surface area contributed by atoms with Crippen LogP contribution in [0, 0.1) is 0 Å². The third kappa shape index (κ3) is 3.71. The van der Waals surface area contributed by atoms with Gasteiger partial charge in [-0.15, -0.1) is 0 Å². The van der Waals surface area contributed by atoms with Crippen molar-refractivity contribution in [3.63, 3.8) is 0 Å². The Labute approximate surface area is 160 Å². The summed E-state index contributed by atoms with van der Waals surface area (Å²) in [5.74, 6) is 0.321. The van der Waals surface area contributed by atoms with Crippen LogP contribution in [0.2, 0.25) is 0 Å². The average molecular weight is 366 g/mol. The van der Waals surface area contributed by atoms with Crippen molar-refractivity contribution in [1.29, 1.82) is 0 Å². The lowest BCUT2D eigenvalue weighted by molar-refractivity contribution is -0.118. The summed E-state index contributed by atoms with van der Waals surface area (Å²) in [6.45, 7) is 7.07. The van der Waals surface area contributed by atoms with Crippen LogP contribution in [0.1, 0.15) is 37.0 Å². The van der Waals surface area contributed by atoms with Crippen LogP contribution >= 0.6 is 0 Å². The van der Waals surface area contributed by atoms with E-state index < -0.39 is 0 Å². The van der Waals surface area contributed by atoms with Crippen LogP contribution in [-0.2, 0) is 4.79 Å².